The maximum absolute atomic E-state index is 6.00. The van der Waals surface area contributed by atoms with E-state index in [2.05, 4.69) is 57.0 Å². The number of benzene rings is 1. The predicted octanol–water partition coefficient (Wildman–Crippen LogP) is 3.19. The van der Waals surface area contributed by atoms with E-state index in [1.54, 1.807) is 0 Å². The maximum atomic E-state index is 6.00. The molecule has 1 unspecified atom stereocenters. The molecule has 2 heteroatoms. The highest BCUT2D eigenvalue weighted by Gasteiger charge is 2.17. The van der Waals surface area contributed by atoms with Gasteiger partial charge in [-0.15, -0.1) is 0 Å². The summed E-state index contributed by atoms with van der Waals surface area (Å²) in [5.41, 5.74) is 8.47. The topological polar surface area (TPSA) is 29.3 Å². The first-order valence-corrected chi connectivity index (χ1v) is 6.02. The smallest absolute Gasteiger partial charge is 0.0414 e. The van der Waals surface area contributed by atoms with Crippen LogP contribution in [-0.2, 0) is 0 Å². The molecule has 16 heavy (non-hydrogen) atoms. The van der Waals surface area contributed by atoms with Crippen LogP contribution in [0.25, 0.3) is 0 Å². The summed E-state index contributed by atoms with van der Waals surface area (Å²) in [6.45, 7) is 8.78. The molecule has 2 nitrogen and oxygen atoms in total. The van der Waals surface area contributed by atoms with Gasteiger partial charge >= 0.3 is 0 Å². The zero-order valence-electron chi connectivity index (χ0n) is 11.1. The normalized spacial score (nSPS) is 14.9. The van der Waals surface area contributed by atoms with Gasteiger partial charge < -0.3 is 10.6 Å². The van der Waals surface area contributed by atoms with Crippen molar-refractivity contribution in [3.63, 3.8) is 0 Å². The van der Waals surface area contributed by atoms with E-state index in [1.165, 1.54) is 11.3 Å². The van der Waals surface area contributed by atoms with Gasteiger partial charge in [-0.2, -0.15) is 0 Å². The zero-order valence-corrected chi connectivity index (χ0v) is 11.1. The number of anilines is 1. The van der Waals surface area contributed by atoms with Crippen molar-refractivity contribution in [1.29, 1.82) is 0 Å². The Morgan fingerprint density at radius 1 is 1.06 bits per heavy atom. The minimum absolute atomic E-state index is 0.0815. The lowest BCUT2D eigenvalue weighted by molar-refractivity contribution is 0.504. The Kier molecular flexibility index (Phi) is 4.36. The van der Waals surface area contributed by atoms with Gasteiger partial charge in [0.15, 0.2) is 0 Å². The standard InChI is InChI=1S/C14H24N2/c1-10(2)12(4)16(5)14-9-7-6-8-13(14)11(3)15/h6-12H,15H2,1-5H3/t11-,12?/m1/s1. The van der Waals surface area contributed by atoms with Gasteiger partial charge in [-0.1, -0.05) is 32.0 Å². The first-order chi connectivity index (χ1) is 7.45. The first kappa shape index (κ1) is 13.0. The summed E-state index contributed by atoms with van der Waals surface area (Å²) in [6.07, 6.45) is 0. The van der Waals surface area contributed by atoms with Gasteiger partial charge in [0.1, 0.15) is 0 Å². The van der Waals surface area contributed by atoms with Crippen LogP contribution in [0.1, 0.15) is 39.3 Å². The Hall–Kier alpha value is -1.02. The summed E-state index contributed by atoms with van der Waals surface area (Å²) in [5, 5.41) is 0. The highest BCUT2D eigenvalue weighted by Crippen LogP contribution is 2.26. The summed E-state index contributed by atoms with van der Waals surface area (Å²) in [4.78, 5) is 2.32. The minimum atomic E-state index is 0.0815. The third-order valence-electron chi connectivity index (χ3n) is 3.38. The second kappa shape index (κ2) is 5.35. The summed E-state index contributed by atoms with van der Waals surface area (Å²) in [6, 6.07) is 8.99. The number of nitrogens with two attached hydrogens (primary N) is 1. The van der Waals surface area contributed by atoms with E-state index in [1.807, 2.05) is 6.92 Å². The van der Waals surface area contributed by atoms with Crippen molar-refractivity contribution >= 4 is 5.69 Å². The molecule has 0 amide bonds. The van der Waals surface area contributed by atoms with E-state index in [-0.39, 0.29) is 6.04 Å². The molecule has 0 saturated heterocycles. The Morgan fingerprint density at radius 2 is 1.62 bits per heavy atom. The average molecular weight is 220 g/mol. The SMILES string of the molecule is CC(C)C(C)N(C)c1ccccc1[C@@H](C)N. The third kappa shape index (κ3) is 2.76. The van der Waals surface area contributed by atoms with Crippen LogP contribution in [0.15, 0.2) is 24.3 Å². The second-order valence-corrected chi connectivity index (χ2v) is 4.94. The molecular formula is C14H24N2. The first-order valence-electron chi connectivity index (χ1n) is 6.02. The summed E-state index contributed by atoms with van der Waals surface area (Å²) >= 11 is 0. The minimum Gasteiger partial charge on any atom is -0.371 e. The van der Waals surface area contributed by atoms with Crippen molar-refractivity contribution in [3.8, 4) is 0 Å². The molecule has 1 aromatic rings. The van der Waals surface area contributed by atoms with Crippen LogP contribution in [0, 0.1) is 5.92 Å². The van der Waals surface area contributed by atoms with Crippen molar-refractivity contribution in [2.45, 2.75) is 39.8 Å². The molecule has 0 aliphatic heterocycles. The number of hydrogen-bond acceptors (Lipinski definition) is 2. The third-order valence-corrected chi connectivity index (χ3v) is 3.38. The molecule has 0 spiro atoms. The fraction of sp³-hybridized carbons (Fsp3) is 0.571. The molecule has 0 bridgehead atoms. The molecule has 0 aliphatic carbocycles. The molecule has 0 radical (unpaired) electrons. The summed E-state index contributed by atoms with van der Waals surface area (Å²) in [7, 11) is 2.14. The van der Waals surface area contributed by atoms with Crippen molar-refractivity contribution in [2.24, 2.45) is 11.7 Å². The zero-order chi connectivity index (χ0) is 12.3. The van der Waals surface area contributed by atoms with E-state index in [4.69, 9.17) is 5.73 Å². The van der Waals surface area contributed by atoms with Gasteiger partial charge in [-0.3, -0.25) is 0 Å². The van der Waals surface area contributed by atoms with Crippen molar-refractivity contribution in [1.82, 2.24) is 0 Å². The molecule has 0 saturated carbocycles. The maximum Gasteiger partial charge on any atom is 0.0414 e. The molecule has 1 aromatic carbocycles. The lowest BCUT2D eigenvalue weighted by Gasteiger charge is -2.32. The Bertz CT molecular complexity index is 331. The molecule has 0 heterocycles. The van der Waals surface area contributed by atoms with Crippen LogP contribution in [0.2, 0.25) is 0 Å². The molecular weight excluding hydrogens is 196 g/mol. The second-order valence-electron chi connectivity index (χ2n) is 4.94. The van der Waals surface area contributed by atoms with Gasteiger partial charge in [0.25, 0.3) is 0 Å². The van der Waals surface area contributed by atoms with E-state index < -0.39 is 0 Å². The highest BCUT2D eigenvalue weighted by molar-refractivity contribution is 5.55. The van der Waals surface area contributed by atoms with E-state index in [0.29, 0.717) is 12.0 Å². The molecule has 1 rings (SSSR count). The van der Waals surface area contributed by atoms with Crippen LogP contribution >= 0.6 is 0 Å². The number of hydrogen-bond donors (Lipinski definition) is 1. The van der Waals surface area contributed by atoms with E-state index in [0.717, 1.165) is 0 Å². The van der Waals surface area contributed by atoms with Gasteiger partial charge in [-0.05, 0) is 31.4 Å². The van der Waals surface area contributed by atoms with Crippen molar-refractivity contribution in [3.05, 3.63) is 29.8 Å². The largest absolute Gasteiger partial charge is 0.371 e. The molecule has 2 N–H and O–H groups in total. The fourth-order valence-corrected chi connectivity index (χ4v) is 1.86. The molecule has 0 aromatic heterocycles. The van der Waals surface area contributed by atoms with Gasteiger partial charge in [0.2, 0.25) is 0 Å². The monoisotopic (exact) mass is 220 g/mol. The van der Waals surface area contributed by atoms with Crippen LogP contribution in [0.3, 0.4) is 0 Å². The summed E-state index contributed by atoms with van der Waals surface area (Å²) in [5.74, 6) is 0.631. The number of para-hydroxylation sites is 1. The lowest BCUT2D eigenvalue weighted by atomic mass is 10.0. The Morgan fingerprint density at radius 3 is 2.12 bits per heavy atom. The number of nitrogens with zero attached hydrogens (tertiary/aromatic N) is 1. The van der Waals surface area contributed by atoms with Crippen LogP contribution in [0.5, 0.6) is 0 Å². The summed E-state index contributed by atoms with van der Waals surface area (Å²) < 4.78 is 0. The molecule has 2 atom stereocenters. The van der Waals surface area contributed by atoms with Gasteiger partial charge in [0.05, 0.1) is 0 Å². The Labute approximate surface area is 99.5 Å². The predicted molar refractivity (Wildman–Crippen MR) is 71.7 cm³/mol. The lowest BCUT2D eigenvalue weighted by Crippen LogP contribution is -2.34. The van der Waals surface area contributed by atoms with Crippen molar-refractivity contribution < 1.29 is 0 Å². The quantitative estimate of drug-likeness (QED) is 0.844. The van der Waals surface area contributed by atoms with Crippen LogP contribution < -0.4 is 10.6 Å². The molecule has 0 fully saturated rings. The van der Waals surface area contributed by atoms with E-state index in [9.17, 15) is 0 Å². The highest BCUT2D eigenvalue weighted by atomic mass is 15.1. The molecule has 90 valence electrons. The van der Waals surface area contributed by atoms with Crippen molar-refractivity contribution in [2.75, 3.05) is 11.9 Å². The van der Waals surface area contributed by atoms with Gasteiger partial charge in [0, 0.05) is 24.8 Å². The number of rotatable bonds is 4. The van der Waals surface area contributed by atoms with Gasteiger partial charge in [-0.25, -0.2) is 0 Å². The van der Waals surface area contributed by atoms with Crippen LogP contribution in [-0.4, -0.2) is 13.1 Å². The van der Waals surface area contributed by atoms with Crippen LogP contribution in [0.4, 0.5) is 5.69 Å². The Balaban J connectivity index is 3.03. The van der Waals surface area contributed by atoms with E-state index >= 15 is 0 Å². The fourth-order valence-electron chi connectivity index (χ4n) is 1.86. The molecule has 0 aliphatic rings. The average Bonchev–Trinajstić information content (AvgIpc) is 2.26.